The summed E-state index contributed by atoms with van der Waals surface area (Å²) >= 11 is 5.51. The predicted molar refractivity (Wildman–Crippen MR) is 92.3 cm³/mol. The van der Waals surface area contributed by atoms with Crippen LogP contribution in [0.1, 0.15) is 97.3 Å². The molecule has 0 heterocycles. The van der Waals surface area contributed by atoms with Crippen LogP contribution < -0.4 is 0 Å². The van der Waals surface area contributed by atoms with Crippen molar-refractivity contribution in [3.05, 3.63) is 12.7 Å². The largest absolute Gasteiger partial charge is 0.127 e. The van der Waals surface area contributed by atoms with Gasteiger partial charge in [-0.15, -0.1) is 18.2 Å². The van der Waals surface area contributed by atoms with Gasteiger partial charge in [0.25, 0.3) is 0 Å². The summed E-state index contributed by atoms with van der Waals surface area (Å²) in [7, 11) is 0. The molecule has 0 rings (SSSR count). The van der Waals surface area contributed by atoms with E-state index >= 15 is 0 Å². The Morgan fingerprint density at radius 3 is 1.53 bits per heavy atom. The maximum atomic E-state index is 5.51. The molecule has 0 aromatic rings. The highest BCUT2D eigenvalue weighted by Gasteiger charge is 1.87. The third kappa shape index (κ3) is 27.3. The second-order valence-corrected chi connectivity index (χ2v) is 5.68. The lowest BCUT2D eigenvalue weighted by molar-refractivity contribution is 0.611. The molecule has 0 radical (unpaired) electrons. The highest BCUT2D eigenvalue weighted by molar-refractivity contribution is 6.17. The normalized spacial score (nSPS) is 9.84. The van der Waals surface area contributed by atoms with E-state index in [0.29, 0.717) is 0 Å². The Bertz CT molecular complexity index is 137. The summed E-state index contributed by atoms with van der Waals surface area (Å²) in [4.78, 5) is 0. The Balaban J connectivity index is 0. The molecule has 116 valence electrons. The van der Waals surface area contributed by atoms with Gasteiger partial charge in [0.15, 0.2) is 0 Å². The number of hydrogen-bond donors (Lipinski definition) is 0. The molecule has 0 bridgehead atoms. The molecule has 0 amide bonds. The van der Waals surface area contributed by atoms with E-state index in [2.05, 4.69) is 20.4 Å². The third-order valence-electron chi connectivity index (χ3n) is 3.25. The van der Waals surface area contributed by atoms with Crippen LogP contribution in [0, 0.1) is 0 Å². The second-order valence-electron chi connectivity index (χ2n) is 5.30. The Hall–Kier alpha value is 0.0300. The minimum absolute atomic E-state index is 0.839. The molecule has 0 spiro atoms. The summed E-state index contributed by atoms with van der Waals surface area (Å²) in [5.74, 6) is 0.839. The van der Waals surface area contributed by atoms with Gasteiger partial charge < -0.3 is 0 Å². The van der Waals surface area contributed by atoms with E-state index in [1.54, 1.807) is 0 Å². The van der Waals surface area contributed by atoms with Gasteiger partial charge in [0.2, 0.25) is 0 Å². The molecule has 0 aliphatic heterocycles. The van der Waals surface area contributed by atoms with Crippen LogP contribution in [0.25, 0.3) is 0 Å². The first-order valence-corrected chi connectivity index (χ1v) is 9.03. The summed E-state index contributed by atoms with van der Waals surface area (Å²) < 4.78 is 0. The molecule has 0 aromatic heterocycles. The first-order chi connectivity index (χ1) is 9.33. The van der Waals surface area contributed by atoms with Gasteiger partial charge in [-0.05, 0) is 19.3 Å². The van der Waals surface area contributed by atoms with Gasteiger partial charge in [0, 0.05) is 5.88 Å². The Morgan fingerprint density at radius 2 is 1.11 bits per heavy atom. The zero-order valence-corrected chi connectivity index (χ0v) is 14.3. The van der Waals surface area contributed by atoms with Crippen molar-refractivity contribution in [2.45, 2.75) is 97.3 Å². The number of allylic oxidation sites excluding steroid dienone is 1. The topological polar surface area (TPSA) is 0 Å². The quantitative estimate of drug-likeness (QED) is 0.187. The van der Waals surface area contributed by atoms with Crippen molar-refractivity contribution in [1.29, 1.82) is 0 Å². The average molecular weight is 289 g/mol. The van der Waals surface area contributed by atoms with Crippen LogP contribution >= 0.6 is 11.6 Å². The van der Waals surface area contributed by atoms with Crippen molar-refractivity contribution in [2.75, 3.05) is 5.88 Å². The molecule has 19 heavy (non-hydrogen) atoms. The van der Waals surface area contributed by atoms with E-state index in [-0.39, 0.29) is 0 Å². The maximum Gasteiger partial charge on any atom is 0.0223 e. The molecule has 0 saturated heterocycles. The van der Waals surface area contributed by atoms with Crippen LogP contribution in [-0.2, 0) is 0 Å². The zero-order valence-electron chi connectivity index (χ0n) is 13.6. The van der Waals surface area contributed by atoms with Crippen LogP contribution in [0.15, 0.2) is 12.7 Å². The van der Waals surface area contributed by atoms with Gasteiger partial charge in [-0.25, -0.2) is 0 Å². The number of unbranched alkanes of at least 4 members (excludes halogenated alkanes) is 11. The number of rotatable bonds is 13. The van der Waals surface area contributed by atoms with E-state index in [0.717, 1.165) is 5.88 Å². The predicted octanol–water partition coefficient (Wildman–Crippen LogP) is 7.51. The van der Waals surface area contributed by atoms with E-state index in [4.69, 9.17) is 11.6 Å². The molecular formula is C18H37Cl. The van der Waals surface area contributed by atoms with Crippen molar-refractivity contribution in [1.82, 2.24) is 0 Å². The smallest absolute Gasteiger partial charge is 0.0223 e. The van der Waals surface area contributed by atoms with Gasteiger partial charge in [0.1, 0.15) is 0 Å². The maximum absolute atomic E-state index is 5.51. The van der Waals surface area contributed by atoms with Crippen molar-refractivity contribution in [2.24, 2.45) is 0 Å². The fraction of sp³-hybridized carbons (Fsp3) is 0.889. The highest BCUT2D eigenvalue weighted by Crippen LogP contribution is 2.06. The SMILES string of the molecule is C=CCCCCCCCC.CCCCCCCCCl. The molecule has 0 N–H and O–H groups in total. The fourth-order valence-corrected chi connectivity index (χ4v) is 2.13. The van der Waals surface area contributed by atoms with Gasteiger partial charge >= 0.3 is 0 Å². The first-order valence-electron chi connectivity index (χ1n) is 8.50. The molecule has 1 heteroatoms. The number of hydrogen-bond acceptors (Lipinski definition) is 0. The summed E-state index contributed by atoms with van der Waals surface area (Å²) in [5, 5.41) is 0. The third-order valence-corrected chi connectivity index (χ3v) is 3.52. The minimum atomic E-state index is 0.839. The Kier molecular flexibility index (Phi) is 26.0. The number of alkyl halides is 1. The van der Waals surface area contributed by atoms with E-state index < -0.39 is 0 Å². The molecule has 0 aromatic carbocycles. The molecular weight excluding hydrogens is 252 g/mol. The fourth-order valence-electron chi connectivity index (χ4n) is 1.94. The lowest BCUT2D eigenvalue weighted by Gasteiger charge is -1.96. The van der Waals surface area contributed by atoms with Crippen LogP contribution in [-0.4, -0.2) is 5.88 Å². The van der Waals surface area contributed by atoms with Crippen molar-refractivity contribution in [3.63, 3.8) is 0 Å². The standard InChI is InChI=1S/C10H20.C8H17Cl/c1-3-5-7-9-10-8-6-4-2;1-2-3-4-5-6-7-8-9/h3H,1,4-10H2,2H3;2-8H2,1H3. The summed E-state index contributed by atoms with van der Waals surface area (Å²) in [6, 6.07) is 0. The molecule has 0 aliphatic carbocycles. The van der Waals surface area contributed by atoms with Gasteiger partial charge in [0.05, 0.1) is 0 Å². The Labute approximate surface area is 128 Å². The van der Waals surface area contributed by atoms with Crippen LogP contribution in [0.2, 0.25) is 0 Å². The first kappa shape index (κ1) is 21.3. The average Bonchev–Trinajstić information content (AvgIpc) is 2.43. The van der Waals surface area contributed by atoms with Crippen molar-refractivity contribution >= 4 is 11.6 Å². The molecule has 0 fully saturated rings. The molecule has 0 saturated carbocycles. The summed E-state index contributed by atoms with van der Waals surface area (Å²) in [6.45, 7) is 8.19. The monoisotopic (exact) mass is 288 g/mol. The van der Waals surface area contributed by atoms with Gasteiger partial charge in [-0.3, -0.25) is 0 Å². The van der Waals surface area contributed by atoms with Crippen molar-refractivity contribution < 1.29 is 0 Å². The van der Waals surface area contributed by atoms with Gasteiger partial charge in [-0.1, -0.05) is 84.1 Å². The lowest BCUT2D eigenvalue weighted by Crippen LogP contribution is -1.78. The van der Waals surface area contributed by atoms with Crippen LogP contribution in [0.4, 0.5) is 0 Å². The minimum Gasteiger partial charge on any atom is -0.127 e. The van der Waals surface area contributed by atoms with E-state index in [9.17, 15) is 0 Å². The van der Waals surface area contributed by atoms with E-state index in [1.165, 1.54) is 83.5 Å². The zero-order chi connectivity index (χ0) is 14.6. The van der Waals surface area contributed by atoms with Gasteiger partial charge in [-0.2, -0.15) is 0 Å². The number of halogens is 1. The van der Waals surface area contributed by atoms with E-state index in [1.807, 2.05) is 6.08 Å². The van der Waals surface area contributed by atoms with Crippen LogP contribution in [0.5, 0.6) is 0 Å². The molecule has 0 unspecified atom stereocenters. The molecule has 0 nitrogen and oxygen atoms in total. The lowest BCUT2D eigenvalue weighted by atomic mass is 10.1. The summed E-state index contributed by atoms with van der Waals surface area (Å²) in [6.07, 6.45) is 19.6. The van der Waals surface area contributed by atoms with Crippen molar-refractivity contribution in [3.8, 4) is 0 Å². The van der Waals surface area contributed by atoms with Crippen LogP contribution in [0.3, 0.4) is 0 Å². The molecule has 0 aliphatic rings. The second kappa shape index (κ2) is 23.1. The Morgan fingerprint density at radius 1 is 0.684 bits per heavy atom. The molecule has 0 atom stereocenters. The summed E-state index contributed by atoms with van der Waals surface area (Å²) in [5.41, 5.74) is 0. The highest BCUT2D eigenvalue weighted by atomic mass is 35.5.